The Morgan fingerprint density at radius 1 is 1.24 bits per heavy atom. The van der Waals surface area contributed by atoms with Gasteiger partial charge in [-0.3, -0.25) is 9.59 Å². The molecule has 21 heavy (non-hydrogen) atoms. The highest BCUT2D eigenvalue weighted by molar-refractivity contribution is 5.93. The van der Waals surface area contributed by atoms with Crippen LogP contribution in [-0.2, 0) is 14.3 Å². The molecule has 1 heterocycles. The molecule has 1 saturated heterocycles. The summed E-state index contributed by atoms with van der Waals surface area (Å²) in [7, 11) is 1.57. The molecule has 112 valence electrons. The van der Waals surface area contributed by atoms with Crippen LogP contribution in [0.5, 0.6) is 5.75 Å². The zero-order chi connectivity index (χ0) is 15.1. The average molecular weight is 289 g/mol. The number of Topliss-reactive ketones (excluding diaryl/α,β-unsaturated/α-hetero) is 1. The van der Waals surface area contributed by atoms with E-state index in [-0.39, 0.29) is 18.5 Å². The first-order valence-electron chi connectivity index (χ1n) is 6.89. The van der Waals surface area contributed by atoms with Crippen molar-refractivity contribution < 1.29 is 19.1 Å². The number of hydrogen-bond acceptors (Lipinski definition) is 4. The summed E-state index contributed by atoms with van der Waals surface area (Å²) >= 11 is 0. The highest BCUT2D eigenvalue weighted by atomic mass is 16.7. The maximum Gasteiger partial charge on any atom is 0.246 e. The van der Waals surface area contributed by atoms with Gasteiger partial charge in [0.25, 0.3) is 0 Å². The van der Waals surface area contributed by atoms with E-state index < -0.39 is 0 Å². The number of hydrogen-bond donors (Lipinski definition) is 0. The molecule has 0 N–H and O–H groups in total. The maximum atomic E-state index is 12.0. The van der Waals surface area contributed by atoms with Gasteiger partial charge >= 0.3 is 0 Å². The van der Waals surface area contributed by atoms with Crippen LogP contribution in [0.25, 0.3) is 6.08 Å². The van der Waals surface area contributed by atoms with Crippen molar-refractivity contribution in [3.8, 4) is 5.75 Å². The summed E-state index contributed by atoms with van der Waals surface area (Å²) in [6.07, 6.45) is 4.23. The summed E-state index contributed by atoms with van der Waals surface area (Å²) in [6.45, 7) is 1.25. The minimum absolute atomic E-state index is 0.0535. The quantitative estimate of drug-likeness (QED) is 0.613. The van der Waals surface area contributed by atoms with Crippen LogP contribution in [0.4, 0.5) is 0 Å². The fraction of sp³-hybridized carbons (Fsp3) is 0.375. The number of methoxy groups -OCH3 is 1. The average Bonchev–Trinajstić information content (AvgIpc) is 2.52. The number of carbonyl (C=O) groups is 2. The van der Waals surface area contributed by atoms with Gasteiger partial charge in [0.1, 0.15) is 11.5 Å². The number of carbonyl (C=O) groups excluding carboxylic acids is 2. The Kier molecular flexibility index (Phi) is 5.51. The number of rotatable bonds is 5. The third-order valence-corrected chi connectivity index (χ3v) is 3.27. The van der Waals surface area contributed by atoms with Gasteiger partial charge in [0, 0.05) is 39.1 Å². The third-order valence-electron chi connectivity index (χ3n) is 3.27. The normalized spacial score (nSPS) is 15.5. The Balaban J connectivity index is 1.88. The summed E-state index contributed by atoms with van der Waals surface area (Å²) in [5.74, 6) is 0.895. The number of ketones is 1. The predicted octanol–water partition coefficient (Wildman–Crippen LogP) is 1.87. The number of benzene rings is 1. The predicted molar refractivity (Wildman–Crippen MR) is 78.8 cm³/mol. The first-order chi connectivity index (χ1) is 10.2. The molecule has 0 saturated carbocycles. The van der Waals surface area contributed by atoms with Crippen LogP contribution in [-0.4, -0.2) is 43.6 Å². The zero-order valence-electron chi connectivity index (χ0n) is 12.1. The van der Waals surface area contributed by atoms with Crippen LogP contribution in [0.1, 0.15) is 18.4 Å². The second kappa shape index (κ2) is 7.59. The van der Waals surface area contributed by atoms with Crippen LogP contribution >= 0.6 is 0 Å². The Bertz CT molecular complexity index is 512. The molecule has 5 heteroatoms. The summed E-state index contributed by atoms with van der Waals surface area (Å²) in [5, 5.41) is 0. The summed E-state index contributed by atoms with van der Waals surface area (Å²) in [5.41, 5.74) is 0.918. The number of likely N-dealkylation sites (tertiary alicyclic amines) is 1. The van der Waals surface area contributed by atoms with E-state index in [0.717, 1.165) is 11.3 Å². The van der Waals surface area contributed by atoms with Crippen molar-refractivity contribution >= 4 is 17.8 Å². The van der Waals surface area contributed by atoms with Gasteiger partial charge in [-0.1, -0.05) is 12.1 Å². The van der Waals surface area contributed by atoms with Gasteiger partial charge in [0.05, 0.1) is 0 Å². The third kappa shape index (κ3) is 4.72. The van der Waals surface area contributed by atoms with Crippen molar-refractivity contribution in [2.24, 2.45) is 0 Å². The first kappa shape index (κ1) is 15.3. The molecule has 0 atom stereocenters. The Hall–Kier alpha value is -2.14. The van der Waals surface area contributed by atoms with Crippen molar-refractivity contribution in [1.29, 1.82) is 0 Å². The lowest BCUT2D eigenvalue weighted by Gasteiger charge is -2.24. The van der Waals surface area contributed by atoms with E-state index in [4.69, 9.17) is 9.47 Å². The molecule has 1 aromatic rings. The van der Waals surface area contributed by atoms with Crippen molar-refractivity contribution in [1.82, 2.24) is 4.90 Å². The summed E-state index contributed by atoms with van der Waals surface area (Å²) < 4.78 is 10.1. The molecule has 0 aliphatic carbocycles. The molecular weight excluding hydrogens is 270 g/mol. The van der Waals surface area contributed by atoms with E-state index in [0.29, 0.717) is 25.9 Å². The molecule has 0 aromatic heterocycles. The molecule has 2 rings (SSSR count). The molecule has 1 aromatic carbocycles. The van der Waals surface area contributed by atoms with E-state index in [1.165, 1.54) is 0 Å². The number of amides is 1. The Morgan fingerprint density at radius 2 is 1.90 bits per heavy atom. The molecule has 0 bridgehead atoms. The molecule has 0 unspecified atom stereocenters. The highest BCUT2D eigenvalue weighted by Crippen LogP contribution is 2.13. The smallest absolute Gasteiger partial charge is 0.246 e. The second-order valence-corrected chi connectivity index (χ2v) is 4.82. The van der Waals surface area contributed by atoms with Crippen LogP contribution in [0.15, 0.2) is 30.3 Å². The molecule has 1 amide bonds. The van der Waals surface area contributed by atoms with Crippen LogP contribution in [0.3, 0.4) is 0 Å². The lowest BCUT2D eigenvalue weighted by Crippen LogP contribution is -2.37. The first-order valence-corrected chi connectivity index (χ1v) is 6.89. The lowest BCUT2D eigenvalue weighted by atomic mass is 10.1. The van der Waals surface area contributed by atoms with Gasteiger partial charge in [0.2, 0.25) is 5.91 Å². The fourth-order valence-electron chi connectivity index (χ4n) is 2.05. The van der Waals surface area contributed by atoms with Crippen molar-refractivity contribution in [2.45, 2.75) is 12.8 Å². The minimum atomic E-state index is -0.0535. The number of piperidine rings is 1. The van der Waals surface area contributed by atoms with Crippen LogP contribution < -0.4 is 4.74 Å². The molecule has 0 spiro atoms. The van der Waals surface area contributed by atoms with Gasteiger partial charge in [-0.25, -0.2) is 0 Å². The van der Waals surface area contributed by atoms with E-state index in [2.05, 4.69) is 0 Å². The molecule has 1 aliphatic heterocycles. The highest BCUT2D eigenvalue weighted by Gasteiger charge is 2.18. The largest absolute Gasteiger partial charge is 0.468 e. The Morgan fingerprint density at radius 3 is 2.52 bits per heavy atom. The minimum Gasteiger partial charge on any atom is -0.468 e. The standard InChI is InChI=1S/C16H19NO4/c1-20-12-21-15-5-2-13(3-6-15)4-7-16(19)17-10-8-14(18)9-11-17/h2-7H,8-12H2,1H3/b7-4+. The molecule has 1 aliphatic rings. The van der Waals surface area contributed by atoms with Gasteiger partial charge in [0.15, 0.2) is 6.79 Å². The molecular formula is C16H19NO4. The zero-order valence-corrected chi connectivity index (χ0v) is 12.1. The van der Waals surface area contributed by atoms with Crippen LogP contribution in [0, 0.1) is 0 Å². The number of nitrogens with zero attached hydrogens (tertiary/aromatic N) is 1. The van der Waals surface area contributed by atoms with E-state index in [1.807, 2.05) is 24.3 Å². The molecule has 1 fully saturated rings. The Labute approximate surface area is 124 Å². The lowest BCUT2D eigenvalue weighted by molar-refractivity contribution is -0.130. The maximum absolute atomic E-state index is 12.0. The summed E-state index contributed by atoms with van der Waals surface area (Å²) in [6, 6.07) is 7.38. The van der Waals surface area contributed by atoms with Crippen molar-refractivity contribution in [2.75, 3.05) is 27.0 Å². The van der Waals surface area contributed by atoms with E-state index in [1.54, 1.807) is 24.2 Å². The van der Waals surface area contributed by atoms with Crippen molar-refractivity contribution in [3.05, 3.63) is 35.9 Å². The van der Waals surface area contributed by atoms with Gasteiger partial charge in [-0.05, 0) is 23.8 Å². The monoisotopic (exact) mass is 289 g/mol. The SMILES string of the molecule is COCOc1ccc(/C=C/C(=O)N2CCC(=O)CC2)cc1. The fourth-order valence-corrected chi connectivity index (χ4v) is 2.05. The molecule has 5 nitrogen and oxygen atoms in total. The second-order valence-electron chi connectivity index (χ2n) is 4.82. The van der Waals surface area contributed by atoms with Gasteiger partial charge < -0.3 is 14.4 Å². The van der Waals surface area contributed by atoms with Gasteiger partial charge in [-0.2, -0.15) is 0 Å². The molecule has 0 radical (unpaired) electrons. The van der Waals surface area contributed by atoms with E-state index >= 15 is 0 Å². The van der Waals surface area contributed by atoms with E-state index in [9.17, 15) is 9.59 Å². The van der Waals surface area contributed by atoms with Gasteiger partial charge in [-0.15, -0.1) is 0 Å². The summed E-state index contributed by atoms with van der Waals surface area (Å²) in [4.78, 5) is 24.8. The topological polar surface area (TPSA) is 55.8 Å². The van der Waals surface area contributed by atoms with Crippen LogP contribution in [0.2, 0.25) is 0 Å². The van der Waals surface area contributed by atoms with Crippen molar-refractivity contribution in [3.63, 3.8) is 0 Å². The number of ether oxygens (including phenoxy) is 2.